The number of alkyl halides is 3. The molecule has 132 valence electrons. The van der Waals surface area contributed by atoms with E-state index in [0.29, 0.717) is 6.42 Å². The van der Waals surface area contributed by atoms with Crippen LogP contribution < -0.4 is 10.2 Å². The molecule has 0 spiro atoms. The molecule has 0 radical (unpaired) electrons. The van der Waals surface area contributed by atoms with Crippen LogP contribution in [0.25, 0.3) is 0 Å². The van der Waals surface area contributed by atoms with E-state index in [1.165, 1.54) is 23.1 Å². The number of rotatable bonds is 6. The van der Waals surface area contributed by atoms with Crippen LogP contribution >= 0.6 is 0 Å². The zero-order chi connectivity index (χ0) is 17.7. The molecule has 1 N–H and O–H groups in total. The van der Waals surface area contributed by atoms with E-state index in [0.717, 1.165) is 0 Å². The van der Waals surface area contributed by atoms with Gasteiger partial charge in [0.25, 0.3) is 0 Å². The predicted molar refractivity (Wildman–Crippen MR) is 76.8 cm³/mol. The molecule has 1 heterocycles. The quantitative estimate of drug-likeness (QED) is 0.632. The number of benzene rings is 1. The first-order valence-corrected chi connectivity index (χ1v) is 7.28. The molecule has 1 aromatic rings. The van der Waals surface area contributed by atoms with Crippen molar-refractivity contribution >= 4 is 17.5 Å². The van der Waals surface area contributed by atoms with Gasteiger partial charge in [0.1, 0.15) is 18.5 Å². The molecule has 0 aromatic heterocycles. The van der Waals surface area contributed by atoms with Crippen LogP contribution in [0.4, 0.5) is 23.2 Å². The van der Waals surface area contributed by atoms with Gasteiger partial charge in [-0.15, -0.1) is 0 Å². The van der Waals surface area contributed by atoms with Crippen molar-refractivity contribution in [1.82, 2.24) is 5.32 Å². The van der Waals surface area contributed by atoms with Gasteiger partial charge in [-0.05, 0) is 18.6 Å². The zero-order valence-corrected chi connectivity index (χ0v) is 12.6. The third-order valence-electron chi connectivity index (χ3n) is 3.42. The monoisotopic (exact) mass is 348 g/mol. The van der Waals surface area contributed by atoms with Crippen molar-refractivity contribution in [2.24, 2.45) is 0 Å². The van der Waals surface area contributed by atoms with Crippen molar-refractivity contribution < 1.29 is 31.9 Å². The highest BCUT2D eigenvalue weighted by atomic mass is 19.4. The molecular weight excluding hydrogens is 332 g/mol. The Morgan fingerprint density at radius 1 is 1.33 bits per heavy atom. The summed E-state index contributed by atoms with van der Waals surface area (Å²) in [5, 5.41) is 2.43. The van der Waals surface area contributed by atoms with Gasteiger partial charge in [-0.2, -0.15) is 13.2 Å². The Balaban J connectivity index is 1.81. The summed E-state index contributed by atoms with van der Waals surface area (Å²) < 4.78 is 53.7. The van der Waals surface area contributed by atoms with E-state index < -0.39 is 43.1 Å². The van der Waals surface area contributed by atoms with E-state index in [-0.39, 0.29) is 18.7 Å². The molecule has 0 unspecified atom stereocenters. The van der Waals surface area contributed by atoms with E-state index in [2.05, 4.69) is 10.1 Å². The second-order valence-corrected chi connectivity index (χ2v) is 5.27. The van der Waals surface area contributed by atoms with E-state index in [4.69, 9.17) is 0 Å². The Hall–Kier alpha value is -2.16. The minimum absolute atomic E-state index is 0.132. The highest BCUT2D eigenvalue weighted by Crippen LogP contribution is 2.24. The van der Waals surface area contributed by atoms with Crippen LogP contribution in [0.5, 0.6) is 0 Å². The molecular formula is C15H16F4N2O3. The smallest absolute Gasteiger partial charge is 0.372 e. The molecule has 1 fully saturated rings. The van der Waals surface area contributed by atoms with Gasteiger partial charge < -0.3 is 15.0 Å². The molecule has 9 heteroatoms. The lowest BCUT2D eigenvalue weighted by Crippen LogP contribution is -2.42. The topological polar surface area (TPSA) is 58.6 Å². The number of nitrogens with one attached hydrogen (secondary N) is 1. The minimum Gasteiger partial charge on any atom is -0.372 e. The van der Waals surface area contributed by atoms with Crippen molar-refractivity contribution in [2.45, 2.75) is 25.1 Å². The molecule has 0 aliphatic carbocycles. The van der Waals surface area contributed by atoms with Gasteiger partial charge in [-0.1, -0.05) is 12.1 Å². The fourth-order valence-electron chi connectivity index (χ4n) is 2.34. The molecule has 1 saturated heterocycles. The molecule has 2 amide bonds. The standard InChI is InChI=1S/C15H16F4N2O3/c16-10-3-1-2-4-12(10)21-7-5-11(14(21)23)20-13(22)6-8-24-9-15(17,18)19/h1-4,11H,5-9H2,(H,20,22)/t11-/m1/s1. The summed E-state index contributed by atoms with van der Waals surface area (Å²) in [6.07, 6.45) is -4.44. The Morgan fingerprint density at radius 3 is 2.71 bits per heavy atom. The van der Waals surface area contributed by atoms with Gasteiger partial charge in [-0.3, -0.25) is 9.59 Å². The van der Waals surface area contributed by atoms with Crippen molar-refractivity contribution in [3.05, 3.63) is 30.1 Å². The number of hydrogen-bond donors (Lipinski definition) is 1. The maximum Gasteiger partial charge on any atom is 0.411 e. The maximum atomic E-state index is 13.7. The van der Waals surface area contributed by atoms with Crippen molar-refractivity contribution in [3.8, 4) is 0 Å². The fourth-order valence-corrected chi connectivity index (χ4v) is 2.34. The van der Waals surface area contributed by atoms with Gasteiger partial charge in [0, 0.05) is 13.0 Å². The normalized spacial score (nSPS) is 18.1. The third kappa shape index (κ3) is 4.92. The number of nitrogens with zero attached hydrogens (tertiary/aromatic N) is 1. The number of carbonyl (C=O) groups excluding carboxylic acids is 2. The zero-order valence-electron chi connectivity index (χ0n) is 12.6. The Labute approximate surface area is 135 Å². The summed E-state index contributed by atoms with van der Waals surface area (Å²) in [7, 11) is 0. The number of ether oxygens (including phenoxy) is 1. The minimum atomic E-state index is -4.45. The molecule has 1 aromatic carbocycles. The lowest BCUT2D eigenvalue weighted by Gasteiger charge is -2.17. The van der Waals surface area contributed by atoms with E-state index in [1.54, 1.807) is 6.07 Å². The lowest BCUT2D eigenvalue weighted by molar-refractivity contribution is -0.174. The van der Waals surface area contributed by atoms with Crippen LogP contribution in [-0.2, 0) is 14.3 Å². The first-order chi connectivity index (χ1) is 11.3. The number of carbonyl (C=O) groups is 2. The van der Waals surface area contributed by atoms with Crippen molar-refractivity contribution in [3.63, 3.8) is 0 Å². The van der Waals surface area contributed by atoms with Crippen LogP contribution in [0.2, 0.25) is 0 Å². The molecule has 1 aliphatic heterocycles. The average Bonchev–Trinajstić information content (AvgIpc) is 2.84. The summed E-state index contributed by atoms with van der Waals surface area (Å²) in [5.41, 5.74) is 0.132. The molecule has 1 aliphatic rings. The highest BCUT2D eigenvalue weighted by Gasteiger charge is 2.34. The fraction of sp³-hybridized carbons (Fsp3) is 0.467. The number of hydrogen-bond acceptors (Lipinski definition) is 3. The molecule has 0 bridgehead atoms. The summed E-state index contributed by atoms with van der Waals surface area (Å²) in [6.45, 7) is -1.58. The van der Waals surface area contributed by atoms with Gasteiger partial charge in [-0.25, -0.2) is 4.39 Å². The molecule has 2 rings (SSSR count). The predicted octanol–water partition coefficient (Wildman–Crippen LogP) is 2.02. The van der Waals surface area contributed by atoms with Crippen LogP contribution in [-0.4, -0.2) is 43.8 Å². The van der Waals surface area contributed by atoms with Crippen LogP contribution in [0, 0.1) is 5.82 Å². The number of amides is 2. The average molecular weight is 348 g/mol. The maximum absolute atomic E-state index is 13.7. The van der Waals surface area contributed by atoms with Gasteiger partial charge in [0.15, 0.2) is 0 Å². The van der Waals surface area contributed by atoms with Crippen molar-refractivity contribution in [2.75, 3.05) is 24.7 Å². The van der Waals surface area contributed by atoms with Gasteiger partial charge in [0.2, 0.25) is 11.8 Å². The molecule has 0 saturated carbocycles. The Morgan fingerprint density at radius 2 is 2.04 bits per heavy atom. The van der Waals surface area contributed by atoms with Gasteiger partial charge in [0.05, 0.1) is 12.3 Å². The largest absolute Gasteiger partial charge is 0.411 e. The first-order valence-electron chi connectivity index (χ1n) is 7.28. The molecule has 1 atom stereocenters. The first kappa shape index (κ1) is 18.2. The summed E-state index contributed by atoms with van der Waals surface area (Å²) >= 11 is 0. The SMILES string of the molecule is O=C(CCOCC(F)(F)F)N[C@@H]1CCN(c2ccccc2F)C1=O. The number of halogens is 4. The van der Waals surface area contributed by atoms with Crippen LogP contribution in [0.15, 0.2) is 24.3 Å². The number of para-hydroxylation sites is 1. The van der Waals surface area contributed by atoms with E-state index in [1.807, 2.05) is 0 Å². The summed E-state index contributed by atoms with van der Waals surface area (Å²) in [5.74, 6) is -1.59. The Kier molecular flexibility index (Phi) is 5.76. The van der Waals surface area contributed by atoms with Crippen molar-refractivity contribution in [1.29, 1.82) is 0 Å². The molecule has 5 nitrogen and oxygen atoms in total. The van der Waals surface area contributed by atoms with Gasteiger partial charge >= 0.3 is 6.18 Å². The third-order valence-corrected chi connectivity index (χ3v) is 3.42. The summed E-state index contributed by atoms with van der Waals surface area (Å²) in [4.78, 5) is 25.1. The van der Waals surface area contributed by atoms with E-state index >= 15 is 0 Å². The Bertz CT molecular complexity index is 607. The second kappa shape index (κ2) is 7.61. The lowest BCUT2D eigenvalue weighted by atomic mass is 10.2. The van der Waals surface area contributed by atoms with Crippen LogP contribution in [0.3, 0.4) is 0 Å². The second-order valence-electron chi connectivity index (χ2n) is 5.27. The molecule has 24 heavy (non-hydrogen) atoms. The summed E-state index contributed by atoms with van der Waals surface area (Å²) in [6, 6.07) is 4.96. The van der Waals surface area contributed by atoms with Crippen LogP contribution in [0.1, 0.15) is 12.8 Å². The highest BCUT2D eigenvalue weighted by molar-refractivity contribution is 6.01. The number of anilines is 1. The van der Waals surface area contributed by atoms with E-state index in [9.17, 15) is 27.2 Å².